The zero-order valence-electron chi connectivity index (χ0n) is 13.2. The molecule has 0 radical (unpaired) electrons. The van der Waals surface area contributed by atoms with Gasteiger partial charge in [-0.15, -0.1) is 0 Å². The van der Waals surface area contributed by atoms with Gasteiger partial charge in [-0.2, -0.15) is 0 Å². The molecule has 0 aromatic rings. The summed E-state index contributed by atoms with van der Waals surface area (Å²) in [5.74, 6) is 0.683. The maximum Gasteiger partial charge on any atom is 0.0700 e. The summed E-state index contributed by atoms with van der Waals surface area (Å²) in [6.07, 6.45) is 2.33. The van der Waals surface area contributed by atoms with E-state index in [2.05, 4.69) is 39.9 Å². The second-order valence-electron chi connectivity index (χ2n) is 6.05. The molecule has 0 saturated heterocycles. The molecule has 0 aliphatic heterocycles. The minimum atomic E-state index is 0.356. The third kappa shape index (κ3) is 8.06. The van der Waals surface area contributed by atoms with E-state index >= 15 is 0 Å². The lowest BCUT2D eigenvalue weighted by atomic mass is 9.75. The van der Waals surface area contributed by atoms with Crippen molar-refractivity contribution in [2.24, 2.45) is 11.3 Å². The number of ether oxygens (including phenoxy) is 2. The molecule has 0 aliphatic rings. The van der Waals surface area contributed by atoms with Crippen LogP contribution < -0.4 is 5.32 Å². The van der Waals surface area contributed by atoms with Crippen molar-refractivity contribution >= 4 is 0 Å². The van der Waals surface area contributed by atoms with Crippen LogP contribution in [0.15, 0.2) is 0 Å². The first kappa shape index (κ1) is 17.9. The lowest BCUT2D eigenvalue weighted by molar-refractivity contribution is 0.0605. The molecule has 0 rings (SSSR count). The highest BCUT2D eigenvalue weighted by Crippen LogP contribution is 2.31. The Labute approximate surface area is 114 Å². The van der Waals surface area contributed by atoms with E-state index in [-0.39, 0.29) is 0 Å². The smallest absolute Gasteiger partial charge is 0.0700 e. The summed E-state index contributed by atoms with van der Waals surface area (Å²) in [5, 5.41) is 3.57. The molecule has 3 nitrogen and oxygen atoms in total. The van der Waals surface area contributed by atoms with Crippen LogP contribution in [0.5, 0.6) is 0 Å². The SMILES string of the molecule is COCCOCCCC(C)(CNC(C)C)C(C)C. The van der Waals surface area contributed by atoms with Gasteiger partial charge in [-0.3, -0.25) is 0 Å². The molecule has 3 heteroatoms. The van der Waals surface area contributed by atoms with Crippen molar-refractivity contribution in [2.75, 3.05) is 33.5 Å². The van der Waals surface area contributed by atoms with Gasteiger partial charge in [0.05, 0.1) is 13.2 Å². The van der Waals surface area contributed by atoms with Crippen molar-refractivity contribution in [2.45, 2.75) is 53.5 Å². The van der Waals surface area contributed by atoms with Crippen LogP contribution in [-0.2, 0) is 9.47 Å². The third-order valence-electron chi connectivity index (χ3n) is 3.78. The molecule has 0 bridgehead atoms. The summed E-state index contributed by atoms with van der Waals surface area (Å²) < 4.78 is 10.5. The molecule has 0 heterocycles. The molecule has 110 valence electrons. The minimum Gasteiger partial charge on any atom is -0.382 e. The minimum absolute atomic E-state index is 0.356. The van der Waals surface area contributed by atoms with Gasteiger partial charge in [-0.25, -0.2) is 0 Å². The van der Waals surface area contributed by atoms with Crippen LogP contribution in [0.25, 0.3) is 0 Å². The molecule has 1 atom stereocenters. The molecule has 0 amide bonds. The van der Waals surface area contributed by atoms with Gasteiger partial charge in [0.25, 0.3) is 0 Å². The lowest BCUT2D eigenvalue weighted by Crippen LogP contribution is -2.39. The maximum absolute atomic E-state index is 5.53. The van der Waals surface area contributed by atoms with Gasteiger partial charge in [0, 0.05) is 26.3 Å². The fourth-order valence-corrected chi connectivity index (χ4v) is 1.84. The van der Waals surface area contributed by atoms with Crippen LogP contribution in [0.1, 0.15) is 47.5 Å². The quantitative estimate of drug-likeness (QED) is 0.578. The molecule has 0 fully saturated rings. The average Bonchev–Trinajstić information content (AvgIpc) is 2.31. The Balaban J connectivity index is 3.88. The molecule has 0 saturated carbocycles. The summed E-state index contributed by atoms with van der Waals surface area (Å²) in [4.78, 5) is 0. The van der Waals surface area contributed by atoms with E-state index in [1.54, 1.807) is 7.11 Å². The van der Waals surface area contributed by atoms with Crippen LogP contribution in [0.2, 0.25) is 0 Å². The summed E-state index contributed by atoms with van der Waals surface area (Å²) >= 11 is 0. The van der Waals surface area contributed by atoms with Crippen molar-refractivity contribution in [1.82, 2.24) is 5.32 Å². The van der Waals surface area contributed by atoms with Crippen molar-refractivity contribution in [1.29, 1.82) is 0 Å². The predicted octanol–water partition coefficient (Wildman–Crippen LogP) is 3.09. The summed E-state index contributed by atoms with van der Waals surface area (Å²) in [6, 6.07) is 0.557. The molecule has 0 aromatic heterocycles. The lowest BCUT2D eigenvalue weighted by Gasteiger charge is -2.35. The van der Waals surface area contributed by atoms with Crippen molar-refractivity contribution in [3.8, 4) is 0 Å². The first-order chi connectivity index (χ1) is 8.42. The predicted molar refractivity (Wildman–Crippen MR) is 78.0 cm³/mol. The standard InChI is InChI=1S/C15H33NO2/c1-13(2)15(5,12-16-14(3)4)8-7-9-18-11-10-17-6/h13-14,16H,7-12H2,1-6H3. The van der Waals surface area contributed by atoms with E-state index in [4.69, 9.17) is 9.47 Å². The average molecular weight is 259 g/mol. The Bertz CT molecular complexity index is 195. The Morgan fingerprint density at radius 1 is 1.06 bits per heavy atom. The Morgan fingerprint density at radius 3 is 2.22 bits per heavy atom. The molecule has 0 spiro atoms. The second kappa shape index (κ2) is 9.76. The van der Waals surface area contributed by atoms with E-state index in [9.17, 15) is 0 Å². The fourth-order valence-electron chi connectivity index (χ4n) is 1.84. The fraction of sp³-hybridized carbons (Fsp3) is 1.00. The van der Waals surface area contributed by atoms with Gasteiger partial charge >= 0.3 is 0 Å². The number of methoxy groups -OCH3 is 1. The molecule has 0 aliphatic carbocycles. The molecular weight excluding hydrogens is 226 g/mol. The first-order valence-electron chi connectivity index (χ1n) is 7.22. The van der Waals surface area contributed by atoms with Crippen LogP contribution in [0.4, 0.5) is 0 Å². The highest BCUT2D eigenvalue weighted by Gasteiger charge is 2.27. The van der Waals surface area contributed by atoms with E-state index in [1.807, 2.05) is 0 Å². The summed E-state index contributed by atoms with van der Waals surface area (Å²) in [5.41, 5.74) is 0.356. The third-order valence-corrected chi connectivity index (χ3v) is 3.78. The number of nitrogens with one attached hydrogen (secondary N) is 1. The normalized spacial score (nSPS) is 15.3. The van der Waals surface area contributed by atoms with Gasteiger partial charge < -0.3 is 14.8 Å². The molecule has 0 aromatic carbocycles. The largest absolute Gasteiger partial charge is 0.382 e. The van der Waals surface area contributed by atoms with Crippen LogP contribution in [0.3, 0.4) is 0 Å². The molecule has 1 unspecified atom stereocenters. The second-order valence-corrected chi connectivity index (χ2v) is 6.05. The number of hydrogen-bond acceptors (Lipinski definition) is 3. The van der Waals surface area contributed by atoms with E-state index in [1.165, 1.54) is 6.42 Å². The van der Waals surface area contributed by atoms with Gasteiger partial charge in [-0.1, -0.05) is 34.6 Å². The number of rotatable bonds is 11. The van der Waals surface area contributed by atoms with E-state index in [0.29, 0.717) is 30.6 Å². The molecule has 18 heavy (non-hydrogen) atoms. The Morgan fingerprint density at radius 2 is 1.72 bits per heavy atom. The molecule has 1 N–H and O–H groups in total. The van der Waals surface area contributed by atoms with Crippen molar-refractivity contribution in [3.05, 3.63) is 0 Å². The highest BCUT2D eigenvalue weighted by molar-refractivity contribution is 4.80. The Hall–Kier alpha value is -0.120. The summed E-state index contributed by atoms with van der Waals surface area (Å²) in [7, 11) is 1.71. The maximum atomic E-state index is 5.53. The van der Waals surface area contributed by atoms with Gasteiger partial charge in [0.1, 0.15) is 0 Å². The summed E-state index contributed by atoms with van der Waals surface area (Å²) in [6.45, 7) is 14.7. The van der Waals surface area contributed by atoms with Crippen LogP contribution >= 0.6 is 0 Å². The monoisotopic (exact) mass is 259 g/mol. The van der Waals surface area contributed by atoms with Crippen LogP contribution in [-0.4, -0.2) is 39.5 Å². The topological polar surface area (TPSA) is 30.5 Å². The Kier molecular flexibility index (Phi) is 9.70. The zero-order chi connectivity index (χ0) is 14.0. The van der Waals surface area contributed by atoms with Crippen molar-refractivity contribution in [3.63, 3.8) is 0 Å². The van der Waals surface area contributed by atoms with Crippen LogP contribution in [0, 0.1) is 11.3 Å². The number of hydrogen-bond donors (Lipinski definition) is 1. The van der Waals surface area contributed by atoms with Gasteiger partial charge in [-0.05, 0) is 24.2 Å². The van der Waals surface area contributed by atoms with Gasteiger partial charge in [0.15, 0.2) is 0 Å². The highest BCUT2D eigenvalue weighted by atomic mass is 16.5. The van der Waals surface area contributed by atoms with E-state index in [0.717, 1.165) is 19.6 Å². The molecular formula is C15H33NO2. The van der Waals surface area contributed by atoms with Crippen molar-refractivity contribution < 1.29 is 9.47 Å². The van der Waals surface area contributed by atoms with E-state index < -0.39 is 0 Å². The zero-order valence-corrected chi connectivity index (χ0v) is 13.2. The first-order valence-corrected chi connectivity index (χ1v) is 7.22. The van der Waals surface area contributed by atoms with Gasteiger partial charge in [0.2, 0.25) is 0 Å².